The summed E-state index contributed by atoms with van der Waals surface area (Å²) in [5.74, 6) is 0. The highest BCUT2D eigenvalue weighted by Crippen LogP contribution is 2.50. The summed E-state index contributed by atoms with van der Waals surface area (Å²) in [6.45, 7) is 4.68. The van der Waals surface area contributed by atoms with Crippen molar-refractivity contribution in [1.29, 1.82) is 0 Å². The summed E-state index contributed by atoms with van der Waals surface area (Å²) in [5, 5.41) is 0. The molecule has 0 heterocycles. The van der Waals surface area contributed by atoms with Crippen molar-refractivity contribution >= 4 is 39.7 Å². The van der Waals surface area contributed by atoms with E-state index in [1.165, 1.54) is 42.6 Å². The standard InChI is InChI=1S/C33H26IN/c1-33(2)31-11-7-6-10-29(31)30-21-20-28(22-32(30)33)35(27-18-14-25(34)15-19-27)26-16-12-24(13-17-26)23-8-4-3-5-9-23/h3-22H,1-2H3. The molecule has 0 saturated carbocycles. The largest absolute Gasteiger partial charge is 0.310 e. The minimum Gasteiger partial charge on any atom is -0.310 e. The van der Waals surface area contributed by atoms with Gasteiger partial charge in [0, 0.05) is 26.0 Å². The highest BCUT2D eigenvalue weighted by atomic mass is 127. The van der Waals surface area contributed by atoms with E-state index in [1.807, 2.05) is 0 Å². The van der Waals surface area contributed by atoms with Crippen LogP contribution in [0, 0.1) is 3.57 Å². The van der Waals surface area contributed by atoms with E-state index in [0.717, 1.165) is 11.4 Å². The molecule has 0 unspecified atom stereocenters. The maximum atomic E-state index is 2.39. The zero-order valence-corrected chi connectivity index (χ0v) is 22.0. The number of hydrogen-bond acceptors (Lipinski definition) is 1. The Morgan fingerprint density at radius 2 is 1.06 bits per heavy atom. The molecule has 6 rings (SSSR count). The first-order valence-corrected chi connectivity index (χ1v) is 13.1. The molecule has 0 aromatic heterocycles. The van der Waals surface area contributed by atoms with E-state index in [4.69, 9.17) is 0 Å². The van der Waals surface area contributed by atoms with Crippen molar-refractivity contribution in [2.24, 2.45) is 0 Å². The van der Waals surface area contributed by atoms with Crippen LogP contribution in [-0.4, -0.2) is 0 Å². The molecule has 5 aromatic carbocycles. The summed E-state index contributed by atoms with van der Waals surface area (Å²) in [6.07, 6.45) is 0. The van der Waals surface area contributed by atoms with Gasteiger partial charge in [0.25, 0.3) is 0 Å². The van der Waals surface area contributed by atoms with Crippen LogP contribution in [0.25, 0.3) is 22.3 Å². The van der Waals surface area contributed by atoms with Crippen molar-refractivity contribution in [1.82, 2.24) is 0 Å². The zero-order chi connectivity index (χ0) is 24.0. The molecule has 1 nitrogen and oxygen atoms in total. The highest BCUT2D eigenvalue weighted by molar-refractivity contribution is 14.1. The van der Waals surface area contributed by atoms with E-state index in [2.05, 4.69) is 163 Å². The number of fused-ring (bicyclic) bond motifs is 3. The average Bonchev–Trinajstić information content (AvgIpc) is 3.13. The van der Waals surface area contributed by atoms with Gasteiger partial charge in [0.15, 0.2) is 0 Å². The Kier molecular flexibility index (Phi) is 5.49. The molecule has 1 aliphatic rings. The van der Waals surface area contributed by atoms with Gasteiger partial charge in [-0.25, -0.2) is 0 Å². The first-order chi connectivity index (χ1) is 17.0. The van der Waals surface area contributed by atoms with E-state index in [1.54, 1.807) is 0 Å². The fourth-order valence-electron chi connectivity index (χ4n) is 5.30. The summed E-state index contributed by atoms with van der Waals surface area (Å²) in [5.41, 5.74) is 11.4. The lowest BCUT2D eigenvalue weighted by Gasteiger charge is -2.28. The predicted molar refractivity (Wildman–Crippen MR) is 157 cm³/mol. The number of nitrogens with zero attached hydrogens (tertiary/aromatic N) is 1. The van der Waals surface area contributed by atoms with Crippen molar-refractivity contribution in [3.05, 3.63) is 136 Å². The first kappa shape index (κ1) is 22.1. The molecule has 0 amide bonds. The molecule has 0 fully saturated rings. The van der Waals surface area contributed by atoms with Crippen molar-refractivity contribution in [2.45, 2.75) is 19.3 Å². The molecular weight excluding hydrogens is 537 g/mol. The third-order valence-electron chi connectivity index (χ3n) is 7.14. The molecule has 35 heavy (non-hydrogen) atoms. The van der Waals surface area contributed by atoms with Crippen molar-refractivity contribution in [2.75, 3.05) is 4.90 Å². The van der Waals surface area contributed by atoms with Gasteiger partial charge >= 0.3 is 0 Å². The second-order valence-electron chi connectivity index (χ2n) is 9.63. The first-order valence-electron chi connectivity index (χ1n) is 12.0. The van der Waals surface area contributed by atoms with Crippen molar-refractivity contribution < 1.29 is 0 Å². The van der Waals surface area contributed by atoms with Crippen LogP contribution >= 0.6 is 22.6 Å². The van der Waals surface area contributed by atoms with Gasteiger partial charge in [-0.1, -0.05) is 86.6 Å². The molecule has 0 spiro atoms. The minimum absolute atomic E-state index is 0.0309. The molecule has 1 aliphatic carbocycles. The Balaban J connectivity index is 1.47. The fourth-order valence-corrected chi connectivity index (χ4v) is 5.66. The summed E-state index contributed by atoms with van der Waals surface area (Å²) >= 11 is 2.37. The maximum Gasteiger partial charge on any atom is 0.0465 e. The molecule has 2 heteroatoms. The van der Waals surface area contributed by atoms with Crippen LogP contribution in [0.1, 0.15) is 25.0 Å². The quantitative estimate of drug-likeness (QED) is 0.197. The Hall–Kier alpha value is -3.37. The molecule has 5 aromatic rings. The van der Waals surface area contributed by atoms with Crippen LogP contribution in [-0.2, 0) is 5.41 Å². The molecule has 170 valence electrons. The van der Waals surface area contributed by atoms with Crippen LogP contribution < -0.4 is 4.90 Å². The SMILES string of the molecule is CC1(C)c2ccccc2-c2ccc(N(c3ccc(I)cc3)c3ccc(-c4ccccc4)cc3)cc21. The molecule has 0 radical (unpaired) electrons. The van der Waals surface area contributed by atoms with Gasteiger partial charge in [0.2, 0.25) is 0 Å². The van der Waals surface area contributed by atoms with Gasteiger partial charge < -0.3 is 4.90 Å². The Bertz CT molecular complexity index is 1500. The van der Waals surface area contributed by atoms with Crippen LogP contribution in [0.4, 0.5) is 17.1 Å². The lowest BCUT2D eigenvalue weighted by atomic mass is 9.82. The van der Waals surface area contributed by atoms with Crippen LogP contribution in [0.2, 0.25) is 0 Å². The Labute approximate surface area is 221 Å². The van der Waals surface area contributed by atoms with E-state index < -0.39 is 0 Å². The van der Waals surface area contributed by atoms with Gasteiger partial charge in [0.1, 0.15) is 0 Å². The summed E-state index contributed by atoms with van der Waals surface area (Å²) in [4.78, 5) is 2.37. The molecule has 0 atom stereocenters. The van der Waals surface area contributed by atoms with E-state index >= 15 is 0 Å². The van der Waals surface area contributed by atoms with Gasteiger partial charge in [-0.2, -0.15) is 0 Å². The lowest BCUT2D eigenvalue weighted by Crippen LogP contribution is -2.16. The topological polar surface area (TPSA) is 3.24 Å². The molecule has 0 aliphatic heterocycles. The molecule has 0 bridgehead atoms. The van der Waals surface area contributed by atoms with E-state index in [9.17, 15) is 0 Å². The fraction of sp³-hybridized carbons (Fsp3) is 0.0909. The van der Waals surface area contributed by atoms with Gasteiger partial charge in [-0.15, -0.1) is 0 Å². The minimum atomic E-state index is -0.0309. The number of hydrogen-bond donors (Lipinski definition) is 0. The lowest BCUT2D eigenvalue weighted by molar-refractivity contribution is 0.660. The Morgan fingerprint density at radius 1 is 0.514 bits per heavy atom. The van der Waals surface area contributed by atoms with Crippen LogP contribution in [0.5, 0.6) is 0 Å². The zero-order valence-electron chi connectivity index (χ0n) is 19.9. The third-order valence-corrected chi connectivity index (χ3v) is 7.86. The summed E-state index contributed by atoms with van der Waals surface area (Å²) in [6, 6.07) is 44.0. The maximum absolute atomic E-state index is 2.39. The van der Waals surface area contributed by atoms with Crippen molar-refractivity contribution in [3.63, 3.8) is 0 Å². The summed E-state index contributed by atoms with van der Waals surface area (Å²) < 4.78 is 1.23. The van der Waals surface area contributed by atoms with E-state index in [-0.39, 0.29) is 5.41 Å². The van der Waals surface area contributed by atoms with Gasteiger partial charge in [-0.05, 0) is 105 Å². The highest BCUT2D eigenvalue weighted by Gasteiger charge is 2.35. The molecular formula is C33H26IN. The third kappa shape index (κ3) is 3.86. The van der Waals surface area contributed by atoms with Crippen LogP contribution in [0.3, 0.4) is 0 Å². The van der Waals surface area contributed by atoms with E-state index in [0.29, 0.717) is 0 Å². The van der Waals surface area contributed by atoms with Crippen LogP contribution in [0.15, 0.2) is 121 Å². The van der Waals surface area contributed by atoms with Gasteiger partial charge in [0.05, 0.1) is 0 Å². The second kappa shape index (κ2) is 8.69. The second-order valence-corrected chi connectivity index (χ2v) is 10.9. The van der Waals surface area contributed by atoms with Crippen molar-refractivity contribution in [3.8, 4) is 22.3 Å². The number of halogens is 1. The normalized spacial score (nSPS) is 13.2. The Morgan fingerprint density at radius 3 is 1.77 bits per heavy atom. The molecule has 0 saturated heterocycles. The van der Waals surface area contributed by atoms with Gasteiger partial charge in [-0.3, -0.25) is 0 Å². The molecule has 0 N–H and O–H groups in total. The number of anilines is 3. The summed E-state index contributed by atoms with van der Waals surface area (Å²) in [7, 11) is 0. The number of benzene rings is 5. The average molecular weight is 563 g/mol. The monoisotopic (exact) mass is 563 g/mol. The predicted octanol–water partition coefficient (Wildman–Crippen LogP) is 9.73. The number of rotatable bonds is 4. The smallest absolute Gasteiger partial charge is 0.0465 e.